The van der Waals surface area contributed by atoms with E-state index in [0.717, 1.165) is 11.1 Å². The molecule has 3 N–H and O–H groups in total. The SMILES string of the molecule is Cc1cccc(C#CC(O)(C(=O)Nc2ccc3c(=O)onc(C)c3c2)C2CCNCC2)c1. The molecule has 0 bridgehead atoms. The minimum absolute atomic E-state index is 0.308. The molecule has 1 aliphatic heterocycles. The van der Waals surface area contributed by atoms with Crippen LogP contribution in [0.3, 0.4) is 0 Å². The summed E-state index contributed by atoms with van der Waals surface area (Å²) in [7, 11) is 0. The summed E-state index contributed by atoms with van der Waals surface area (Å²) < 4.78 is 4.75. The van der Waals surface area contributed by atoms with Crippen LogP contribution in [0.15, 0.2) is 51.8 Å². The maximum absolute atomic E-state index is 13.3. The Labute approximate surface area is 185 Å². The first-order valence-corrected chi connectivity index (χ1v) is 10.6. The summed E-state index contributed by atoms with van der Waals surface area (Å²) in [5, 5.41) is 22.3. The fourth-order valence-corrected chi connectivity index (χ4v) is 4.01. The van der Waals surface area contributed by atoms with Crippen LogP contribution in [0.1, 0.15) is 29.7 Å². The maximum Gasteiger partial charge on any atom is 0.366 e. The second kappa shape index (κ2) is 8.95. The summed E-state index contributed by atoms with van der Waals surface area (Å²) in [5.74, 6) is 4.97. The maximum atomic E-state index is 13.3. The monoisotopic (exact) mass is 431 g/mol. The topological polar surface area (TPSA) is 104 Å². The minimum Gasteiger partial charge on any atom is -0.369 e. The van der Waals surface area contributed by atoms with Crippen molar-refractivity contribution in [2.24, 2.45) is 5.92 Å². The van der Waals surface area contributed by atoms with Gasteiger partial charge < -0.3 is 20.3 Å². The lowest BCUT2D eigenvalue weighted by atomic mass is 9.80. The highest BCUT2D eigenvalue weighted by Crippen LogP contribution is 2.28. The standard InChI is InChI=1S/C25H25N3O4/c1-16-4-3-5-18(14-16)8-11-25(31,19-9-12-26-13-10-19)24(30)27-20-6-7-21-22(15-20)17(2)28-32-23(21)29/h3-7,14-15,19,26,31H,9-10,12-13H2,1-2H3,(H,27,30). The van der Waals surface area contributed by atoms with Crippen molar-refractivity contribution in [2.75, 3.05) is 18.4 Å². The van der Waals surface area contributed by atoms with Crippen LogP contribution >= 0.6 is 0 Å². The quantitative estimate of drug-likeness (QED) is 0.551. The van der Waals surface area contributed by atoms with E-state index in [-0.39, 0.29) is 5.92 Å². The van der Waals surface area contributed by atoms with E-state index in [1.165, 1.54) is 0 Å². The number of aliphatic hydroxyl groups is 1. The molecule has 1 fully saturated rings. The van der Waals surface area contributed by atoms with Gasteiger partial charge in [-0.3, -0.25) is 4.79 Å². The van der Waals surface area contributed by atoms with Crippen molar-refractivity contribution in [3.05, 3.63) is 69.7 Å². The molecule has 2 aromatic carbocycles. The Bertz CT molecular complexity index is 1280. The molecule has 4 rings (SSSR count). The molecule has 1 unspecified atom stereocenters. The van der Waals surface area contributed by atoms with Gasteiger partial charge in [0.25, 0.3) is 5.91 Å². The molecule has 32 heavy (non-hydrogen) atoms. The van der Waals surface area contributed by atoms with E-state index in [1.807, 2.05) is 31.2 Å². The first-order chi connectivity index (χ1) is 15.4. The Kier molecular flexibility index (Phi) is 6.08. The number of aryl methyl sites for hydroxylation is 2. The molecule has 3 aromatic rings. The number of nitrogens with zero attached hydrogens (tertiary/aromatic N) is 1. The van der Waals surface area contributed by atoms with Gasteiger partial charge in [0.2, 0.25) is 5.60 Å². The second-order valence-electron chi connectivity index (χ2n) is 8.18. The summed E-state index contributed by atoms with van der Waals surface area (Å²) in [4.78, 5) is 25.2. The predicted molar refractivity (Wildman–Crippen MR) is 122 cm³/mol. The molecule has 1 atom stereocenters. The van der Waals surface area contributed by atoms with Crippen molar-refractivity contribution >= 4 is 22.4 Å². The Morgan fingerprint density at radius 2 is 1.97 bits per heavy atom. The van der Waals surface area contributed by atoms with Gasteiger partial charge >= 0.3 is 5.63 Å². The van der Waals surface area contributed by atoms with E-state index in [9.17, 15) is 14.7 Å². The number of aromatic nitrogens is 1. The van der Waals surface area contributed by atoms with Gasteiger partial charge in [0.05, 0.1) is 11.1 Å². The van der Waals surface area contributed by atoms with Crippen LogP contribution in [0.25, 0.3) is 10.8 Å². The third-order valence-electron chi connectivity index (χ3n) is 5.84. The number of carbonyl (C=O) groups is 1. The van der Waals surface area contributed by atoms with E-state index in [0.29, 0.717) is 48.1 Å². The highest BCUT2D eigenvalue weighted by molar-refractivity contribution is 6.01. The zero-order valence-electron chi connectivity index (χ0n) is 18.1. The largest absolute Gasteiger partial charge is 0.369 e. The molecule has 0 saturated carbocycles. The van der Waals surface area contributed by atoms with Crippen LogP contribution in [0.4, 0.5) is 5.69 Å². The van der Waals surface area contributed by atoms with Crippen molar-refractivity contribution in [1.29, 1.82) is 0 Å². The number of hydrogen-bond acceptors (Lipinski definition) is 6. The molecular formula is C25H25N3O4. The molecule has 1 aliphatic rings. The molecule has 0 aliphatic carbocycles. The van der Waals surface area contributed by atoms with Crippen molar-refractivity contribution < 1.29 is 14.4 Å². The van der Waals surface area contributed by atoms with Gasteiger partial charge in [-0.05, 0) is 75.7 Å². The molecule has 7 heteroatoms. The van der Waals surface area contributed by atoms with E-state index in [4.69, 9.17) is 4.52 Å². The van der Waals surface area contributed by atoms with Gasteiger partial charge in [-0.25, -0.2) is 4.79 Å². The number of amides is 1. The van der Waals surface area contributed by atoms with Crippen LogP contribution < -0.4 is 16.3 Å². The number of hydrogen-bond donors (Lipinski definition) is 3. The third-order valence-corrected chi connectivity index (χ3v) is 5.84. The van der Waals surface area contributed by atoms with Crippen LogP contribution in [0.2, 0.25) is 0 Å². The van der Waals surface area contributed by atoms with Crippen LogP contribution in [0.5, 0.6) is 0 Å². The average molecular weight is 431 g/mol. The Morgan fingerprint density at radius 1 is 1.19 bits per heavy atom. The number of carbonyl (C=O) groups excluding carboxylic acids is 1. The molecule has 7 nitrogen and oxygen atoms in total. The summed E-state index contributed by atoms with van der Waals surface area (Å²) in [6.45, 7) is 5.11. The molecule has 2 heterocycles. The average Bonchev–Trinajstić information content (AvgIpc) is 2.80. The second-order valence-corrected chi connectivity index (χ2v) is 8.18. The Hall–Kier alpha value is -3.47. The smallest absolute Gasteiger partial charge is 0.366 e. The van der Waals surface area contributed by atoms with Crippen LogP contribution in [0, 0.1) is 31.6 Å². The molecule has 164 valence electrons. The first kappa shape index (κ1) is 21.8. The van der Waals surface area contributed by atoms with Crippen molar-refractivity contribution in [3.63, 3.8) is 0 Å². The number of piperidine rings is 1. The fraction of sp³-hybridized carbons (Fsp3) is 0.320. The highest BCUT2D eigenvalue weighted by Gasteiger charge is 2.43. The zero-order chi connectivity index (χ0) is 22.7. The van der Waals surface area contributed by atoms with Crippen molar-refractivity contribution in [1.82, 2.24) is 10.5 Å². The number of fused-ring (bicyclic) bond motifs is 1. The van der Waals surface area contributed by atoms with Gasteiger partial charge in [0.1, 0.15) is 0 Å². The van der Waals surface area contributed by atoms with Crippen molar-refractivity contribution in [3.8, 4) is 11.8 Å². The summed E-state index contributed by atoms with van der Waals surface area (Å²) in [6.07, 6.45) is 1.27. The molecule has 1 amide bonds. The lowest BCUT2D eigenvalue weighted by Gasteiger charge is -2.33. The molecular weight excluding hydrogens is 406 g/mol. The minimum atomic E-state index is -1.86. The van der Waals surface area contributed by atoms with Gasteiger partial charge in [-0.1, -0.05) is 29.1 Å². The first-order valence-electron chi connectivity index (χ1n) is 10.6. The molecule has 0 radical (unpaired) electrons. The Balaban J connectivity index is 1.68. The van der Waals surface area contributed by atoms with Gasteiger partial charge in [-0.2, -0.15) is 0 Å². The molecule has 1 aromatic heterocycles. The lowest BCUT2D eigenvalue weighted by Crippen LogP contribution is -2.51. The fourth-order valence-electron chi connectivity index (χ4n) is 4.01. The van der Waals surface area contributed by atoms with Gasteiger partial charge in [0, 0.05) is 22.6 Å². The van der Waals surface area contributed by atoms with Crippen LogP contribution in [-0.4, -0.2) is 34.9 Å². The Morgan fingerprint density at radius 3 is 2.72 bits per heavy atom. The predicted octanol–water partition coefficient (Wildman–Crippen LogP) is 2.53. The summed E-state index contributed by atoms with van der Waals surface area (Å²) in [6, 6.07) is 12.5. The van der Waals surface area contributed by atoms with E-state index >= 15 is 0 Å². The zero-order valence-corrected chi connectivity index (χ0v) is 18.1. The third kappa shape index (κ3) is 4.42. The van der Waals surface area contributed by atoms with Crippen LogP contribution in [-0.2, 0) is 4.79 Å². The van der Waals surface area contributed by atoms with E-state index < -0.39 is 17.1 Å². The van der Waals surface area contributed by atoms with Crippen molar-refractivity contribution in [2.45, 2.75) is 32.3 Å². The van der Waals surface area contributed by atoms with Gasteiger partial charge in [-0.15, -0.1) is 0 Å². The molecule has 0 spiro atoms. The lowest BCUT2D eigenvalue weighted by molar-refractivity contribution is -0.133. The molecule has 1 saturated heterocycles. The summed E-state index contributed by atoms with van der Waals surface area (Å²) >= 11 is 0. The van der Waals surface area contributed by atoms with E-state index in [1.54, 1.807) is 25.1 Å². The number of nitrogens with one attached hydrogen (secondary N) is 2. The van der Waals surface area contributed by atoms with E-state index in [2.05, 4.69) is 27.6 Å². The summed E-state index contributed by atoms with van der Waals surface area (Å²) in [5.41, 5.74) is 0.370. The number of rotatable bonds is 3. The number of anilines is 1. The number of benzene rings is 2. The normalized spacial score (nSPS) is 16.1. The van der Waals surface area contributed by atoms with Gasteiger partial charge in [0.15, 0.2) is 0 Å². The highest BCUT2D eigenvalue weighted by atomic mass is 16.5.